The van der Waals surface area contributed by atoms with Crippen molar-refractivity contribution in [1.82, 2.24) is 0 Å². The second-order valence-corrected chi connectivity index (χ2v) is 16.7. The zero-order chi connectivity index (χ0) is 36.1. The molecule has 0 aromatic heterocycles. The molecule has 10 rings (SSSR count). The van der Waals surface area contributed by atoms with Gasteiger partial charge in [-0.3, -0.25) is 0 Å². The van der Waals surface area contributed by atoms with Crippen molar-refractivity contribution in [2.75, 3.05) is 0 Å². The van der Waals surface area contributed by atoms with Crippen molar-refractivity contribution in [1.29, 1.82) is 0 Å². The first-order chi connectivity index (χ1) is 24.9. The molecule has 0 bridgehead atoms. The summed E-state index contributed by atoms with van der Waals surface area (Å²) < 4.78 is 0. The molecule has 0 atom stereocenters. The van der Waals surface area contributed by atoms with Gasteiger partial charge in [0, 0.05) is 0 Å². The smallest absolute Gasteiger partial charge is 0.0657 e. The summed E-state index contributed by atoms with van der Waals surface area (Å²) in [5.41, 5.74) is 28.0. The minimum atomic E-state index is 0.178. The van der Waals surface area contributed by atoms with E-state index in [4.69, 9.17) is 0 Å². The summed E-state index contributed by atoms with van der Waals surface area (Å²) in [6, 6.07) is 34.2. The second kappa shape index (κ2) is 10.7. The van der Waals surface area contributed by atoms with E-state index >= 15 is 0 Å². The highest BCUT2D eigenvalue weighted by atomic mass is 14.3. The predicted octanol–water partition coefficient (Wildman–Crippen LogP) is 8.66. The van der Waals surface area contributed by atoms with E-state index in [0.29, 0.717) is 0 Å². The Kier molecular flexibility index (Phi) is 6.53. The highest BCUT2D eigenvalue weighted by Gasteiger charge is 2.39. The van der Waals surface area contributed by atoms with Crippen molar-refractivity contribution < 1.29 is 0 Å². The molecule has 0 saturated carbocycles. The van der Waals surface area contributed by atoms with Gasteiger partial charge in [0.15, 0.2) is 0 Å². The van der Waals surface area contributed by atoms with Crippen LogP contribution in [0.1, 0.15) is 55.6 Å². The van der Waals surface area contributed by atoms with E-state index in [-0.39, 0.29) is 13.4 Å². The van der Waals surface area contributed by atoms with Gasteiger partial charge in [-0.05, 0) is 136 Å². The Morgan fingerprint density at radius 1 is 0.288 bits per heavy atom. The highest BCUT2D eigenvalue weighted by Crippen LogP contribution is 2.45. The lowest BCUT2D eigenvalue weighted by atomic mass is 9.31. The molecule has 52 heavy (non-hydrogen) atoms. The molecular weight excluding hydrogens is 622 g/mol. The number of hydrogen-bond acceptors (Lipinski definition) is 0. The van der Waals surface area contributed by atoms with Gasteiger partial charge >= 0.3 is 0 Å². The number of hydrogen-bond donors (Lipinski definition) is 0. The molecule has 2 heteroatoms. The molecule has 0 N–H and O–H groups in total. The monoisotopic (exact) mass is 666 g/mol. The number of rotatable bonds is 2. The van der Waals surface area contributed by atoms with Crippen molar-refractivity contribution in [2.45, 2.75) is 69.2 Å². The molecule has 0 amide bonds. The summed E-state index contributed by atoms with van der Waals surface area (Å²) in [4.78, 5) is 0. The third-order valence-corrected chi connectivity index (χ3v) is 12.8. The van der Waals surface area contributed by atoms with Crippen LogP contribution in [0.2, 0.25) is 0 Å². The maximum Gasteiger partial charge on any atom is 0.243 e. The topological polar surface area (TPSA) is 0 Å². The maximum absolute atomic E-state index is 2.55. The molecule has 0 radical (unpaired) electrons. The molecule has 0 unspecified atom stereocenters. The molecule has 2 aliphatic rings. The van der Waals surface area contributed by atoms with E-state index in [1.165, 1.54) is 143 Å². The van der Waals surface area contributed by atoms with Gasteiger partial charge in [0.25, 0.3) is 0 Å². The lowest BCUT2D eigenvalue weighted by Gasteiger charge is -2.35. The Morgan fingerprint density at radius 2 is 0.596 bits per heavy atom. The van der Waals surface area contributed by atoms with Crippen LogP contribution in [0.25, 0.3) is 54.6 Å². The van der Waals surface area contributed by atoms with Gasteiger partial charge in [0.1, 0.15) is 0 Å². The molecule has 8 aromatic rings. The van der Waals surface area contributed by atoms with Crippen LogP contribution in [0.15, 0.2) is 84.9 Å². The molecule has 0 fully saturated rings. The lowest BCUT2D eigenvalue weighted by molar-refractivity contribution is 1.35. The molecule has 0 saturated heterocycles. The minimum absolute atomic E-state index is 0.178. The van der Waals surface area contributed by atoms with E-state index < -0.39 is 0 Å². The Bertz CT molecular complexity index is 2660. The summed E-state index contributed by atoms with van der Waals surface area (Å²) in [5.74, 6) is 0. The molecule has 0 spiro atoms. The minimum Gasteiger partial charge on any atom is -0.0657 e. The van der Waals surface area contributed by atoms with Gasteiger partial charge in [-0.15, -0.1) is 0 Å². The normalized spacial score (nSPS) is 13.1. The van der Waals surface area contributed by atoms with Crippen LogP contribution in [-0.2, 0) is 0 Å². The Morgan fingerprint density at radius 3 is 0.942 bits per heavy atom. The van der Waals surface area contributed by atoms with Crippen LogP contribution >= 0.6 is 0 Å². The average Bonchev–Trinajstić information content (AvgIpc) is 3.06. The van der Waals surface area contributed by atoms with Gasteiger partial charge in [-0.25, -0.2) is 0 Å². The number of aryl methyl sites for hydroxylation is 10. The largest absolute Gasteiger partial charge is 0.243 e. The maximum atomic E-state index is 2.55. The molecule has 8 aromatic carbocycles. The van der Waals surface area contributed by atoms with Crippen LogP contribution in [0.3, 0.4) is 0 Å². The summed E-state index contributed by atoms with van der Waals surface area (Å²) in [7, 11) is 0. The van der Waals surface area contributed by atoms with Gasteiger partial charge < -0.3 is 0 Å². The molecule has 2 heterocycles. The summed E-state index contributed by atoms with van der Waals surface area (Å²) >= 11 is 0. The predicted molar refractivity (Wildman–Crippen MR) is 231 cm³/mol. The third-order valence-electron chi connectivity index (χ3n) is 12.8. The Hall–Kier alpha value is -5.07. The van der Waals surface area contributed by atoms with Crippen molar-refractivity contribution in [3.8, 4) is 22.3 Å². The van der Waals surface area contributed by atoms with E-state index in [0.717, 1.165) is 0 Å². The van der Waals surface area contributed by atoms with Gasteiger partial charge in [0.2, 0.25) is 13.4 Å². The van der Waals surface area contributed by atoms with E-state index in [1.54, 1.807) is 0 Å². The van der Waals surface area contributed by atoms with Crippen LogP contribution in [-0.4, -0.2) is 13.4 Å². The summed E-state index contributed by atoms with van der Waals surface area (Å²) in [5, 5.41) is 8.46. The number of benzene rings is 8. The summed E-state index contributed by atoms with van der Waals surface area (Å²) in [6.45, 7) is 23.3. The first-order valence-corrected chi connectivity index (χ1v) is 19.1. The van der Waals surface area contributed by atoms with Gasteiger partial charge in [0.05, 0.1) is 0 Å². The fraction of sp³-hybridized carbons (Fsp3) is 0.200. The van der Waals surface area contributed by atoms with Crippen molar-refractivity contribution in [3.05, 3.63) is 141 Å². The first kappa shape index (κ1) is 31.6. The van der Waals surface area contributed by atoms with Crippen LogP contribution in [0.4, 0.5) is 0 Å². The van der Waals surface area contributed by atoms with E-state index in [2.05, 4.69) is 154 Å². The fourth-order valence-corrected chi connectivity index (χ4v) is 11.4. The molecule has 0 nitrogen and oxygen atoms in total. The quantitative estimate of drug-likeness (QED) is 0.128. The Balaban J connectivity index is 1.40. The standard InChI is InChI=1S/C50H44B2/c1-25-15-29(5)47(30(6)16-25)51-41-13-11-35-24-38-40-22-28(4)20-34(10)50(40)52(48-31(7)17-26(2)18-32(48)8)42-14-12-36-23-37(45(41)43(35)44(36)46(38)42)39-21-27(3)19-33(9)49(39)51/h11-24H,1-10H3. The summed E-state index contributed by atoms with van der Waals surface area (Å²) in [6.07, 6.45) is 0. The highest BCUT2D eigenvalue weighted by molar-refractivity contribution is 7.00. The number of fused-ring (bicyclic) bond motifs is 4. The molecule has 250 valence electrons. The Labute approximate surface area is 309 Å². The molecule has 2 aliphatic heterocycles. The average molecular weight is 667 g/mol. The fourth-order valence-electron chi connectivity index (χ4n) is 11.4. The van der Waals surface area contributed by atoms with Gasteiger partial charge in [-0.1, -0.05) is 161 Å². The van der Waals surface area contributed by atoms with Crippen LogP contribution in [0, 0.1) is 69.2 Å². The third kappa shape index (κ3) is 4.13. The zero-order valence-corrected chi connectivity index (χ0v) is 32.2. The van der Waals surface area contributed by atoms with Gasteiger partial charge in [-0.2, -0.15) is 0 Å². The van der Waals surface area contributed by atoms with Crippen molar-refractivity contribution in [2.24, 2.45) is 0 Å². The van der Waals surface area contributed by atoms with E-state index in [9.17, 15) is 0 Å². The zero-order valence-electron chi connectivity index (χ0n) is 32.2. The molecule has 0 aliphatic carbocycles. The lowest BCUT2D eigenvalue weighted by Crippen LogP contribution is -2.57. The SMILES string of the molecule is Cc1cc(C)c(B2c3c(C)cc(C)cc3-c3cc4ccc5c6c(cc7ccc2c3c7c46)-c2cc(C)cc(C)c2B5c2c(C)cc(C)cc2C)c(C)c1. The van der Waals surface area contributed by atoms with E-state index in [1.807, 2.05) is 0 Å². The second-order valence-electron chi connectivity index (χ2n) is 16.7. The molecular formula is C50H44B2. The van der Waals surface area contributed by atoms with Crippen LogP contribution in [0.5, 0.6) is 0 Å². The first-order valence-electron chi connectivity index (χ1n) is 19.1. The van der Waals surface area contributed by atoms with Crippen molar-refractivity contribution >= 4 is 78.5 Å². The van der Waals surface area contributed by atoms with Crippen molar-refractivity contribution in [3.63, 3.8) is 0 Å². The van der Waals surface area contributed by atoms with Crippen LogP contribution < -0.4 is 32.8 Å².